The SMILES string of the molecule is CCCSc1nc(N2CCCC(CCC)C2)ccc1C(=O)NC1CCCCC1. The largest absolute Gasteiger partial charge is 0.356 e. The number of aromatic nitrogens is 1. The lowest BCUT2D eigenvalue weighted by Crippen LogP contribution is -2.37. The van der Waals surface area contributed by atoms with Crippen LogP contribution >= 0.6 is 11.8 Å². The van der Waals surface area contributed by atoms with Crippen LogP contribution < -0.4 is 10.2 Å². The minimum atomic E-state index is 0.0621. The standard InChI is InChI=1S/C23H37N3OS/c1-3-9-18-10-8-15-26(17-18)21-14-13-20(23(25-21)28-16-4-2)22(27)24-19-11-6-5-7-12-19/h13-14,18-19H,3-12,15-17H2,1-2H3,(H,24,27). The summed E-state index contributed by atoms with van der Waals surface area (Å²) in [6.07, 6.45) is 12.2. The summed E-state index contributed by atoms with van der Waals surface area (Å²) in [6, 6.07) is 4.42. The molecule has 1 saturated heterocycles. The summed E-state index contributed by atoms with van der Waals surface area (Å²) in [5.74, 6) is 2.89. The molecule has 0 spiro atoms. The van der Waals surface area contributed by atoms with Crippen LogP contribution in [0.2, 0.25) is 0 Å². The number of amides is 1. The molecule has 0 bridgehead atoms. The van der Waals surface area contributed by atoms with Crippen LogP contribution in [0.15, 0.2) is 17.2 Å². The van der Waals surface area contributed by atoms with Gasteiger partial charge in [0.05, 0.1) is 5.56 Å². The van der Waals surface area contributed by atoms with E-state index in [-0.39, 0.29) is 5.91 Å². The molecule has 28 heavy (non-hydrogen) atoms. The third-order valence-electron chi connectivity index (χ3n) is 6.01. The van der Waals surface area contributed by atoms with Gasteiger partial charge in [-0.05, 0) is 62.3 Å². The van der Waals surface area contributed by atoms with Gasteiger partial charge in [-0.3, -0.25) is 4.79 Å². The van der Waals surface area contributed by atoms with E-state index in [4.69, 9.17) is 4.98 Å². The molecule has 1 aliphatic carbocycles. The fraction of sp³-hybridized carbons (Fsp3) is 0.739. The highest BCUT2D eigenvalue weighted by Crippen LogP contribution is 2.29. The van der Waals surface area contributed by atoms with Crippen molar-refractivity contribution in [2.45, 2.75) is 89.1 Å². The number of anilines is 1. The van der Waals surface area contributed by atoms with Crippen molar-refractivity contribution in [3.63, 3.8) is 0 Å². The topological polar surface area (TPSA) is 45.2 Å². The van der Waals surface area contributed by atoms with Crippen LogP contribution in [0.5, 0.6) is 0 Å². The van der Waals surface area contributed by atoms with E-state index in [1.165, 1.54) is 44.9 Å². The summed E-state index contributed by atoms with van der Waals surface area (Å²) in [6.45, 7) is 6.64. The van der Waals surface area contributed by atoms with Crippen molar-refractivity contribution in [3.05, 3.63) is 17.7 Å². The van der Waals surface area contributed by atoms with Crippen LogP contribution in [-0.2, 0) is 0 Å². The number of rotatable bonds is 8. The molecule has 156 valence electrons. The monoisotopic (exact) mass is 403 g/mol. The van der Waals surface area contributed by atoms with Gasteiger partial charge in [-0.2, -0.15) is 0 Å². The van der Waals surface area contributed by atoms with Crippen LogP contribution in [0, 0.1) is 5.92 Å². The van der Waals surface area contributed by atoms with Gasteiger partial charge in [0.1, 0.15) is 10.8 Å². The average molecular weight is 404 g/mol. The van der Waals surface area contributed by atoms with Gasteiger partial charge in [-0.15, -0.1) is 11.8 Å². The summed E-state index contributed by atoms with van der Waals surface area (Å²) in [4.78, 5) is 20.3. The maximum Gasteiger partial charge on any atom is 0.254 e. The second-order valence-electron chi connectivity index (χ2n) is 8.42. The average Bonchev–Trinajstić information content (AvgIpc) is 2.73. The first kappa shape index (κ1) is 21.5. The molecule has 3 rings (SSSR count). The summed E-state index contributed by atoms with van der Waals surface area (Å²) in [5.41, 5.74) is 0.759. The van der Waals surface area contributed by atoms with E-state index in [0.29, 0.717) is 6.04 Å². The molecule has 4 nitrogen and oxygen atoms in total. The van der Waals surface area contributed by atoms with Crippen LogP contribution in [0.3, 0.4) is 0 Å². The van der Waals surface area contributed by atoms with E-state index in [2.05, 4.69) is 30.1 Å². The Hall–Kier alpha value is -1.23. The van der Waals surface area contributed by atoms with E-state index in [1.807, 2.05) is 6.07 Å². The Morgan fingerprint density at radius 1 is 1.14 bits per heavy atom. The Labute approximate surface area is 175 Å². The first-order valence-electron chi connectivity index (χ1n) is 11.4. The molecule has 1 aromatic rings. The van der Waals surface area contributed by atoms with E-state index in [0.717, 1.165) is 60.4 Å². The molecular formula is C23H37N3OS. The summed E-state index contributed by atoms with van der Waals surface area (Å²) in [5, 5.41) is 4.18. The minimum absolute atomic E-state index is 0.0621. The zero-order valence-corrected chi connectivity index (χ0v) is 18.5. The van der Waals surface area contributed by atoms with Gasteiger partial charge < -0.3 is 10.2 Å². The molecule has 1 aliphatic heterocycles. The number of carbonyl (C=O) groups excluding carboxylic acids is 1. The third-order valence-corrected chi connectivity index (χ3v) is 7.21. The van der Waals surface area contributed by atoms with Crippen molar-refractivity contribution in [2.24, 2.45) is 5.92 Å². The number of carbonyl (C=O) groups is 1. The maximum atomic E-state index is 12.9. The fourth-order valence-corrected chi connectivity index (χ4v) is 5.39. The highest BCUT2D eigenvalue weighted by molar-refractivity contribution is 7.99. The zero-order valence-electron chi connectivity index (χ0n) is 17.7. The summed E-state index contributed by atoms with van der Waals surface area (Å²) < 4.78 is 0. The van der Waals surface area contributed by atoms with Crippen LogP contribution in [0.25, 0.3) is 0 Å². The Kier molecular flexibility index (Phi) is 8.50. The summed E-state index contributed by atoms with van der Waals surface area (Å²) in [7, 11) is 0. The normalized spacial score (nSPS) is 20.9. The van der Waals surface area contributed by atoms with Crippen molar-refractivity contribution in [1.29, 1.82) is 0 Å². The van der Waals surface area contributed by atoms with Gasteiger partial charge in [0, 0.05) is 19.1 Å². The molecule has 1 aromatic heterocycles. The lowest BCUT2D eigenvalue weighted by Gasteiger charge is -2.34. The first-order valence-corrected chi connectivity index (χ1v) is 12.4. The molecular weight excluding hydrogens is 366 g/mol. The molecule has 1 saturated carbocycles. The lowest BCUT2D eigenvalue weighted by molar-refractivity contribution is 0.0924. The number of hydrogen-bond donors (Lipinski definition) is 1. The molecule has 1 amide bonds. The number of hydrogen-bond acceptors (Lipinski definition) is 4. The van der Waals surface area contributed by atoms with Crippen molar-refractivity contribution in [2.75, 3.05) is 23.7 Å². The second-order valence-corrected chi connectivity index (χ2v) is 9.51. The number of nitrogens with one attached hydrogen (secondary N) is 1. The van der Waals surface area contributed by atoms with Gasteiger partial charge >= 0.3 is 0 Å². The Bertz CT molecular complexity index is 628. The van der Waals surface area contributed by atoms with Crippen molar-refractivity contribution < 1.29 is 4.79 Å². The predicted molar refractivity (Wildman–Crippen MR) is 119 cm³/mol. The van der Waals surface area contributed by atoms with Gasteiger partial charge in [-0.1, -0.05) is 39.5 Å². The fourth-order valence-electron chi connectivity index (χ4n) is 4.52. The van der Waals surface area contributed by atoms with E-state index >= 15 is 0 Å². The molecule has 1 N–H and O–H groups in total. The number of pyridine rings is 1. The smallest absolute Gasteiger partial charge is 0.254 e. The van der Waals surface area contributed by atoms with E-state index in [1.54, 1.807) is 11.8 Å². The Balaban J connectivity index is 1.74. The van der Waals surface area contributed by atoms with Gasteiger partial charge in [0.2, 0.25) is 0 Å². The molecule has 1 atom stereocenters. The number of nitrogens with zero attached hydrogens (tertiary/aromatic N) is 2. The van der Waals surface area contributed by atoms with Gasteiger partial charge in [0.25, 0.3) is 5.91 Å². The summed E-state index contributed by atoms with van der Waals surface area (Å²) >= 11 is 1.73. The van der Waals surface area contributed by atoms with Crippen molar-refractivity contribution in [3.8, 4) is 0 Å². The van der Waals surface area contributed by atoms with Crippen LogP contribution in [0.1, 0.15) is 88.4 Å². The molecule has 1 unspecified atom stereocenters. The highest BCUT2D eigenvalue weighted by Gasteiger charge is 2.23. The number of thioether (sulfide) groups is 1. The van der Waals surface area contributed by atoms with Gasteiger partial charge in [0.15, 0.2) is 0 Å². The zero-order chi connectivity index (χ0) is 19.8. The van der Waals surface area contributed by atoms with Crippen molar-refractivity contribution >= 4 is 23.5 Å². The first-order chi connectivity index (χ1) is 13.7. The molecule has 2 heterocycles. The van der Waals surface area contributed by atoms with Crippen molar-refractivity contribution in [1.82, 2.24) is 10.3 Å². The molecule has 5 heteroatoms. The Morgan fingerprint density at radius 3 is 2.71 bits per heavy atom. The lowest BCUT2D eigenvalue weighted by atomic mass is 9.94. The Morgan fingerprint density at radius 2 is 1.96 bits per heavy atom. The van der Waals surface area contributed by atoms with E-state index in [9.17, 15) is 4.79 Å². The minimum Gasteiger partial charge on any atom is -0.356 e. The van der Waals surface area contributed by atoms with Gasteiger partial charge in [-0.25, -0.2) is 4.98 Å². The van der Waals surface area contributed by atoms with Crippen LogP contribution in [0.4, 0.5) is 5.82 Å². The number of piperidine rings is 1. The predicted octanol–water partition coefficient (Wildman–Crippen LogP) is 5.66. The molecule has 2 aliphatic rings. The second kappa shape index (κ2) is 11.1. The maximum absolute atomic E-state index is 12.9. The van der Waals surface area contributed by atoms with E-state index < -0.39 is 0 Å². The van der Waals surface area contributed by atoms with Crippen LogP contribution in [-0.4, -0.2) is 35.8 Å². The molecule has 0 radical (unpaired) electrons. The highest BCUT2D eigenvalue weighted by atomic mass is 32.2. The molecule has 2 fully saturated rings. The molecule has 0 aromatic carbocycles. The quantitative estimate of drug-likeness (QED) is 0.569. The third kappa shape index (κ3) is 5.88.